The highest BCUT2D eigenvalue weighted by Crippen LogP contribution is 2.25. The second-order valence-electron chi connectivity index (χ2n) is 6.34. The van der Waals surface area contributed by atoms with Crippen molar-refractivity contribution in [2.24, 2.45) is 0 Å². The Balaban J connectivity index is 1.58. The van der Waals surface area contributed by atoms with Crippen LogP contribution < -0.4 is 5.32 Å². The van der Waals surface area contributed by atoms with Crippen molar-refractivity contribution in [3.8, 4) is 0 Å². The van der Waals surface area contributed by atoms with Crippen LogP contribution in [0.15, 0.2) is 82.2 Å². The third-order valence-electron chi connectivity index (χ3n) is 4.17. The molecule has 0 heterocycles. The van der Waals surface area contributed by atoms with Crippen LogP contribution in [-0.2, 0) is 4.79 Å². The fourth-order valence-electron chi connectivity index (χ4n) is 2.72. The summed E-state index contributed by atoms with van der Waals surface area (Å²) in [6.07, 6.45) is 1.01. The van der Waals surface area contributed by atoms with Gasteiger partial charge in [-0.1, -0.05) is 46.3 Å². The van der Waals surface area contributed by atoms with E-state index in [2.05, 4.69) is 21.2 Å². The number of thioether (sulfide) groups is 1. The van der Waals surface area contributed by atoms with Crippen LogP contribution in [0.2, 0.25) is 0 Å². The molecule has 0 spiro atoms. The van der Waals surface area contributed by atoms with E-state index in [0.717, 1.165) is 15.1 Å². The molecule has 0 unspecified atom stereocenters. The first-order valence-corrected chi connectivity index (χ1v) is 10.9. The Kier molecular flexibility index (Phi) is 7.61. The van der Waals surface area contributed by atoms with E-state index in [1.165, 1.54) is 12.1 Å². The summed E-state index contributed by atoms with van der Waals surface area (Å²) in [7, 11) is 0. The monoisotopic (exact) mass is 471 g/mol. The van der Waals surface area contributed by atoms with Crippen molar-refractivity contribution in [3.63, 3.8) is 0 Å². The minimum Gasteiger partial charge on any atom is -0.325 e. The van der Waals surface area contributed by atoms with Crippen LogP contribution in [0.3, 0.4) is 0 Å². The molecule has 6 heteroatoms. The Hall–Kier alpha value is -2.44. The maximum absolute atomic E-state index is 12.9. The summed E-state index contributed by atoms with van der Waals surface area (Å²) < 4.78 is 13.7. The van der Waals surface area contributed by atoms with Gasteiger partial charge in [0, 0.05) is 26.9 Å². The molecule has 3 aromatic rings. The molecule has 1 N–H and O–H groups in total. The highest BCUT2D eigenvalue weighted by atomic mass is 79.9. The Labute approximate surface area is 181 Å². The molecule has 0 atom stereocenters. The largest absolute Gasteiger partial charge is 0.325 e. The van der Waals surface area contributed by atoms with E-state index in [1.807, 2.05) is 18.2 Å². The van der Waals surface area contributed by atoms with E-state index in [-0.39, 0.29) is 17.5 Å². The summed E-state index contributed by atoms with van der Waals surface area (Å²) in [5, 5.41) is 2.86. The van der Waals surface area contributed by atoms with Crippen molar-refractivity contribution in [2.45, 2.75) is 17.7 Å². The van der Waals surface area contributed by atoms with Crippen LogP contribution in [0, 0.1) is 5.82 Å². The molecule has 0 fully saturated rings. The molecule has 0 radical (unpaired) electrons. The lowest BCUT2D eigenvalue weighted by Crippen LogP contribution is -2.15. The van der Waals surface area contributed by atoms with Gasteiger partial charge in [0.05, 0.1) is 5.69 Å². The lowest BCUT2D eigenvalue weighted by molar-refractivity contribution is -0.116. The first-order chi connectivity index (χ1) is 14.0. The molecular formula is C23H19BrFNO2S. The predicted octanol–water partition coefficient (Wildman–Crippen LogP) is 6.33. The summed E-state index contributed by atoms with van der Waals surface area (Å²) >= 11 is 4.97. The highest BCUT2D eigenvalue weighted by molar-refractivity contribution is 9.10. The number of anilines is 1. The highest BCUT2D eigenvalue weighted by Gasteiger charge is 2.15. The van der Waals surface area contributed by atoms with Gasteiger partial charge < -0.3 is 5.32 Å². The van der Waals surface area contributed by atoms with Crippen molar-refractivity contribution in [1.29, 1.82) is 0 Å². The van der Waals surface area contributed by atoms with Crippen LogP contribution in [0.1, 0.15) is 28.8 Å². The smallest absolute Gasteiger partial charge is 0.224 e. The number of hydrogen-bond donors (Lipinski definition) is 1. The van der Waals surface area contributed by atoms with Gasteiger partial charge in [-0.25, -0.2) is 4.39 Å². The van der Waals surface area contributed by atoms with Gasteiger partial charge >= 0.3 is 0 Å². The van der Waals surface area contributed by atoms with Crippen LogP contribution in [-0.4, -0.2) is 17.4 Å². The molecular weight excluding hydrogens is 453 g/mol. The summed E-state index contributed by atoms with van der Waals surface area (Å²) in [5.41, 5.74) is 1.51. The van der Waals surface area contributed by atoms with Crippen LogP contribution in [0.25, 0.3) is 0 Å². The fourth-order valence-corrected chi connectivity index (χ4v) is 3.94. The first-order valence-electron chi connectivity index (χ1n) is 9.10. The molecule has 1 amide bonds. The van der Waals surface area contributed by atoms with Gasteiger partial charge in [-0.2, -0.15) is 0 Å². The molecule has 148 valence electrons. The van der Waals surface area contributed by atoms with E-state index < -0.39 is 0 Å². The van der Waals surface area contributed by atoms with E-state index in [9.17, 15) is 14.0 Å². The summed E-state index contributed by atoms with van der Waals surface area (Å²) in [5.74, 6) is 0.196. The topological polar surface area (TPSA) is 46.2 Å². The maximum Gasteiger partial charge on any atom is 0.224 e. The predicted molar refractivity (Wildman–Crippen MR) is 119 cm³/mol. The third kappa shape index (κ3) is 6.27. The van der Waals surface area contributed by atoms with Crippen LogP contribution in [0.5, 0.6) is 0 Å². The number of hydrogen-bond acceptors (Lipinski definition) is 3. The van der Waals surface area contributed by atoms with E-state index >= 15 is 0 Å². The Bertz CT molecular complexity index is 994. The molecule has 0 aliphatic carbocycles. The molecule has 3 rings (SSSR count). The summed E-state index contributed by atoms with van der Waals surface area (Å²) in [6, 6.07) is 20.5. The number of carbonyl (C=O) groups is 2. The molecule has 3 nitrogen and oxygen atoms in total. The number of carbonyl (C=O) groups excluding carboxylic acids is 2. The normalized spacial score (nSPS) is 10.6. The first kappa shape index (κ1) is 21.3. The Morgan fingerprint density at radius 2 is 1.69 bits per heavy atom. The number of halogens is 2. The molecule has 0 saturated heterocycles. The average molecular weight is 472 g/mol. The molecule has 0 saturated carbocycles. The fraction of sp³-hybridized carbons (Fsp3) is 0.130. The van der Waals surface area contributed by atoms with Gasteiger partial charge in [-0.3, -0.25) is 9.59 Å². The maximum atomic E-state index is 12.9. The zero-order valence-corrected chi connectivity index (χ0v) is 17.9. The number of ketones is 1. The average Bonchev–Trinajstić information content (AvgIpc) is 2.74. The lowest BCUT2D eigenvalue weighted by atomic mass is 10.0. The lowest BCUT2D eigenvalue weighted by Gasteiger charge is -2.11. The van der Waals surface area contributed by atoms with Crippen molar-refractivity contribution >= 4 is 45.1 Å². The van der Waals surface area contributed by atoms with Gasteiger partial charge in [0.2, 0.25) is 5.91 Å². The van der Waals surface area contributed by atoms with Crippen molar-refractivity contribution in [2.75, 3.05) is 11.1 Å². The minimum absolute atomic E-state index is 0.144. The molecule has 29 heavy (non-hydrogen) atoms. The number of amides is 1. The van der Waals surface area contributed by atoms with Gasteiger partial charge in [0.1, 0.15) is 5.82 Å². The molecule has 0 bridgehead atoms. The number of nitrogens with one attached hydrogen (secondary N) is 1. The van der Waals surface area contributed by atoms with Crippen molar-refractivity contribution < 1.29 is 14.0 Å². The molecule has 0 aliphatic rings. The SMILES string of the molecule is O=C(CCCSc1ccc(F)cc1)Nc1ccc(Br)cc1C(=O)c1ccccc1. The standard InChI is InChI=1S/C23H19BrFNO2S/c24-17-8-13-21(20(15-17)23(28)16-5-2-1-3-6-16)26-22(27)7-4-14-29-19-11-9-18(25)10-12-19/h1-3,5-6,8-13,15H,4,7,14H2,(H,26,27). The number of rotatable bonds is 8. The zero-order chi connectivity index (χ0) is 20.6. The second kappa shape index (κ2) is 10.4. The third-order valence-corrected chi connectivity index (χ3v) is 5.76. The molecule has 0 aliphatic heterocycles. The van der Waals surface area contributed by atoms with Gasteiger partial charge in [-0.15, -0.1) is 11.8 Å². The van der Waals surface area contributed by atoms with Crippen LogP contribution >= 0.6 is 27.7 Å². The number of benzene rings is 3. The molecule has 3 aromatic carbocycles. The Morgan fingerprint density at radius 1 is 0.966 bits per heavy atom. The van der Waals surface area contributed by atoms with Crippen molar-refractivity contribution in [3.05, 3.63) is 94.2 Å². The van der Waals surface area contributed by atoms with E-state index in [0.29, 0.717) is 29.7 Å². The second-order valence-corrected chi connectivity index (χ2v) is 8.42. The van der Waals surface area contributed by atoms with Gasteiger partial charge in [-0.05, 0) is 54.6 Å². The van der Waals surface area contributed by atoms with E-state index in [4.69, 9.17) is 0 Å². The summed E-state index contributed by atoms with van der Waals surface area (Å²) in [6.45, 7) is 0. The zero-order valence-electron chi connectivity index (χ0n) is 15.5. The Morgan fingerprint density at radius 3 is 2.41 bits per heavy atom. The summed E-state index contributed by atoms with van der Waals surface area (Å²) in [4.78, 5) is 26.2. The quantitative estimate of drug-likeness (QED) is 0.237. The van der Waals surface area contributed by atoms with Gasteiger partial charge in [0.25, 0.3) is 0 Å². The van der Waals surface area contributed by atoms with Gasteiger partial charge in [0.15, 0.2) is 5.78 Å². The molecule has 0 aromatic heterocycles. The minimum atomic E-state index is -0.260. The van der Waals surface area contributed by atoms with E-state index in [1.54, 1.807) is 54.2 Å². The van der Waals surface area contributed by atoms with Crippen LogP contribution in [0.4, 0.5) is 10.1 Å². The van der Waals surface area contributed by atoms with Crippen molar-refractivity contribution in [1.82, 2.24) is 0 Å².